The van der Waals surface area contributed by atoms with Gasteiger partial charge in [-0.2, -0.15) is 0 Å². The molecule has 1 saturated heterocycles. The molecule has 0 bridgehead atoms. The lowest BCUT2D eigenvalue weighted by molar-refractivity contribution is -0.120. The molecular formula is C25H30N2O5. The average molecular weight is 439 g/mol. The van der Waals surface area contributed by atoms with E-state index in [0.29, 0.717) is 17.7 Å². The SMILES string of the molecule is Cc1c(CC(=O)NCCN2CCOCC2)c(=O)oc2c(C)c3oc4c(c3cc12)CCCC4. The summed E-state index contributed by atoms with van der Waals surface area (Å²) in [6.45, 7) is 8.42. The molecule has 0 saturated carbocycles. The fraction of sp³-hybridized carbons (Fsp3) is 0.520. The molecule has 1 fully saturated rings. The summed E-state index contributed by atoms with van der Waals surface area (Å²) in [5, 5.41) is 4.94. The molecule has 0 spiro atoms. The van der Waals surface area contributed by atoms with Crippen LogP contribution in [0.2, 0.25) is 0 Å². The highest BCUT2D eigenvalue weighted by Crippen LogP contribution is 2.37. The van der Waals surface area contributed by atoms with Crippen molar-refractivity contribution in [2.75, 3.05) is 39.4 Å². The van der Waals surface area contributed by atoms with Crippen molar-refractivity contribution in [2.24, 2.45) is 0 Å². The first-order valence-electron chi connectivity index (χ1n) is 11.6. The summed E-state index contributed by atoms with van der Waals surface area (Å²) >= 11 is 0. The van der Waals surface area contributed by atoms with Gasteiger partial charge in [-0.15, -0.1) is 0 Å². The minimum absolute atomic E-state index is 0.0216. The van der Waals surface area contributed by atoms with Crippen LogP contribution in [0.1, 0.15) is 40.9 Å². The van der Waals surface area contributed by atoms with Crippen LogP contribution >= 0.6 is 0 Å². The number of nitrogens with one attached hydrogen (secondary N) is 1. The van der Waals surface area contributed by atoms with Crippen LogP contribution in [0, 0.1) is 13.8 Å². The highest BCUT2D eigenvalue weighted by molar-refractivity contribution is 6.00. The molecule has 32 heavy (non-hydrogen) atoms. The van der Waals surface area contributed by atoms with Crippen LogP contribution in [-0.2, 0) is 28.8 Å². The van der Waals surface area contributed by atoms with Crippen LogP contribution in [0.15, 0.2) is 19.7 Å². The smallest absolute Gasteiger partial charge is 0.340 e. The first-order valence-corrected chi connectivity index (χ1v) is 11.6. The molecule has 1 amide bonds. The van der Waals surface area contributed by atoms with Crippen LogP contribution in [0.3, 0.4) is 0 Å². The topological polar surface area (TPSA) is 84.9 Å². The maximum absolute atomic E-state index is 12.8. The maximum atomic E-state index is 12.8. The van der Waals surface area contributed by atoms with Crippen molar-refractivity contribution in [1.29, 1.82) is 0 Å². The second-order valence-electron chi connectivity index (χ2n) is 8.94. The Morgan fingerprint density at radius 1 is 1.03 bits per heavy atom. The second-order valence-corrected chi connectivity index (χ2v) is 8.94. The molecular weight excluding hydrogens is 408 g/mol. The van der Waals surface area contributed by atoms with Gasteiger partial charge < -0.3 is 18.9 Å². The molecule has 7 heteroatoms. The zero-order valence-electron chi connectivity index (χ0n) is 18.8. The van der Waals surface area contributed by atoms with Crippen molar-refractivity contribution in [1.82, 2.24) is 10.2 Å². The molecule has 5 rings (SSSR count). The Kier molecular flexibility index (Phi) is 5.78. The molecule has 0 radical (unpaired) electrons. The van der Waals surface area contributed by atoms with Gasteiger partial charge >= 0.3 is 5.63 Å². The molecule has 1 aliphatic heterocycles. The third-order valence-corrected chi connectivity index (χ3v) is 6.92. The molecule has 1 aromatic carbocycles. The average Bonchev–Trinajstić information content (AvgIpc) is 3.17. The van der Waals surface area contributed by atoms with E-state index >= 15 is 0 Å². The first kappa shape index (κ1) is 21.2. The van der Waals surface area contributed by atoms with Crippen molar-refractivity contribution >= 4 is 27.8 Å². The summed E-state index contributed by atoms with van der Waals surface area (Å²) in [5.41, 5.74) is 4.31. The number of amides is 1. The molecule has 2 aliphatic rings. The van der Waals surface area contributed by atoms with E-state index in [-0.39, 0.29) is 12.3 Å². The number of carbonyl (C=O) groups is 1. The largest absolute Gasteiger partial charge is 0.460 e. The summed E-state index contributed by atoms with van der Waals surface area (Å²) in [4.78, 5) is 27.6. The number of fused-ring (bicyclic) bond motifs is 4. The number of aryl methyl sites for hydroxylation is 4. The van der Waals surface area contributed by atoms with Gasteiger partial charge in [0.15, 0.2) is 0 Å². The van der Waals surface area contributed by atoms with Gasteiger partial charge in [-0.3, -0.25) is 9.69 Å². The van der Waals surface area contributed by atoms with E-state index in [1.165, 1.54) is 5.56 Å². The molecule has 2 aromatic heterocycles. The number of rotatable bonds is 5. The fourth-order valence-electron chi connectivity index (χ4n) is 5.02. The quantitative estimate of drug-likeness (QED) is 0.617. The zero-order valence-corrected chi connectivity index (χ0v) is 18.8. The van der Waals surface area contributed by atoms with Crippen molar-refractivity contribution in [3.8, 4) is 0 Å². The van der Waals surface area contributed by atoms with E-state index in [0.717, 1.165) is 91.8 Å². The summed E-state index contributed by atoms with van der Waals surface area (Å²) in [6, 6.07) is 2.09. The van der Waals surface area contributed by atoms with Crippen LogP contribution in [-0.4, -0.2) is 50.2 Å². The van der Waals surface area contributed by atoms with Crippen LogP contribution in [0.4, 0.5) is 0 Å². The van der Waals surface area contributed by atoms with E-state index in [2.05, 4.69) is 16.3 Å². The lowest BCUT2D eigenvalue weighted by Gasteiger charge is -2.26. The summed E-state index contributed by atoms with van der Waals surface area (Å²) in [7, 11) is 0. The number of hydrogen-bond donors (Lipinski definition) is 1. The van der Waals surface area contributed by atoms with E-state index in [9.17, 15) is 9.59 Å². The van der Waals surface area contributed by atoms with Gasteiger partial charge in [-0.25, -0.2) is 4.79 Å². The summed E-state index contributed by atoms with van der Waals surface area (Å²) in [6.07, 6.45) is 4.30. The van der Waals surface area contributed by atoms with Crippen molar-refractivity contribution in [3.05, 3.63) is 44.5 Å². The molecule has 1 N–H and O–H groups in total. The number of morpholine rings is 1. The molecule has 0 unspecified atom stereocenters. The van der Waals surface area contributed by atoms with Crippen molar-refractivity contribution in [2.45, 2.75) is 46.0 Å². The minimum Gasteiger partial charge on any atom is -0.460 e. The van der Waals surface area contributed by atoms with Gasteiger partial charge in [0.25, 0.3) is 0 Å². The molecule has 3 aromatic rings. The lowest BCUT2D eigenvalue weighted by Crippen LogP contribution is -2.41. The third-order valence-electron chi connectivity index (χ3n) is 6.92. The van der Waals surface area contributed by atoms with Gasteiger partial charge in [-0.05, 0) is 44.7 Å². The van der Waals surface area contributed by atoms with Gasteiger partial charge in [0.05, 0.1) is 25.2 Å². The molecule has 170 valence electrons. The Morgan fingerprint density at radius 2 is 1.78 bits per heavy atom. The fourth-order valence-corrected chi connectivity index (χ4v) is 5.02. The van der Waals surface area contributed by atoms with Gasteiger partial charge in [0.1, 0.15) is 16.9 Å². The number of ether oxygens (including phenoxy) is 1. The number of nitrogens with zero attached hydrogens (tertiary/aromatic N) is 1. The predicted molar refractivity (Wildman–Crippen MR) is 122 cm³/mol. The lowest BCUT2D eigenvalue weighted by atomic mass is 9.93. The van der Waals surface area contributed by atoms with E-state index in [4.69, 9.17) is 13.6 Å². The van der Waals surface area contributed by atoms with Crippen molar-refractivity contribution in [3.63, 3.8) is 0 Å². The van der Waals surface area contributed by atoms with E-state index in [1.807, 2.05) is 13.8 Å². The summed E-state index contributed by atoms with van der Waals surface area (Å²) in [5.74, 6) is 0.899. The van der Waals surface area contributed by atoms with Gasteiger partial charge in [0.2, 0.25) is 5.91 Å². The number of furan rings is 1. The third kappa shape index (κ3) is 3.84. The Balaban J connectivity index is 1.41. The number of carbonyl (C=O) groups excluding carboxylic acids is 1. The van der Waals surface area contributed by atoms with E-state index in [1.54, 1.807) is 0 Å². The second kappa shape index (κ2) is 8.71. The minimum atomic E-state index is -0.447. The molecule has 3 heterocycles. The number of benzene rings is 1. The summed E-state index contributed by atoms with van der Waals surface area (Å²) < 4.78 is 17.2. The predicted octanol–water partition coefficient (Wildman–Crippen LogP) is 3.03. The van der Waals surface area contributed by atoms with Crippen molar-refractivity contribution < 1.29 is 18.4 Å². The zero-order chi connectivity index (χ0) is 22.2. The molecule has 1 aliphatic carbocycles. The normalized spacial score (nSPS) is 17.1. The Labute approximate surface area is 186 Å². The highest BCUT2D eigenvalue weighted by Gasteiger charge is 2.23. The Bertz CT molecular complexity index is 1230. The monoisotopic (exact) mass is 438 g/mol. The molecule has 0 atom stereocenters. The van der Waals surface area contributed by atoms with Gasteiger partial charge in [-0.1, -0.05) is 0 Å². The van der Waals surface area contributed by atoms with E-state index < -0.39 is 5.63 Å². The van der Waals surface area contributed by atoms with Crippen LogP contribution < -0.4 is 10.9 Å². The molecule has 7 nitrogen and oxygen atoms in total. The highest BCUT2D eigenvalue weighted by atomic mass is 16.5. The maximum Gasteiger partial charge on any atom is 0.340 e. The Hall–Kier alpha value is -2.64. The van der Waals surface area contributed by atoms with Crippen LogP contribution in [0.25, 0.3) is 21.9 Å². The first-order chi connectivity index (χ1) is 15.5. The standard InChI is InChI=1S/C25H30N2O5/c1-15-18-13-20-17-5-3-4-6-21(17)31-24(20)16(2)23(18)32-25(29)19(15)14-22(28)26-7-8-27-9-11-30-12-10-27/h13H,3-12,14H2,1-2H3,(H,26,28). The number of hydrogen-bond acceptors (Lipinski definition) is 6. The van der Waals surface area contributed by atoms with Crippen LogP contribution in [0.5, 0.6) is 0 Å². The Morgan fingerprint density at radius 3 is 2.59 bits per heavy atom. The van der Waals surface area contributed by atoms with Gasteiger partial charge in [0, 0.05) is 54.5 Å².